The highest BCUT2D eigenvalue weighted by Crippen LogP contribution is 2.07. The van der Waals surface area contributed by atoms with E-state index in [2.05, 4.69) is 83.6 Å². The summed E-state index contributed by atoms with van der Waals surface area (Å²) >= 11 is 0. The summed E-state index contributed by atoms with van der Waals surface area (Å²) in [5.41, 5.74) is 1.36. The highest BCUT2D eigenvalue weighted by atomic mass is 127. The second kappa shape index (κ2) is 17.0. The van der Waals surface area contributed by atoms with Crippen LogP contribution in [-0.4, -0.2) is 68.6 Å². The van der Waals surface area contributed by atoms with Crippen LogP contribution in [0.3, 0.4) is 0 Å². The minimum Gasteiger partial charge on any atom is -0.356 e. The maximum atomic E-state index is 4.33. The maximum absolute atomic E-state index is 4.33. The smallest absolute Gasteiger partial charge is 0.190 e. The van der Waals surface area contributed by atoms with Gasteiger partial charge in [0.15, 0.2) is 5.96 Å². The lowest BCUT2D eigenvalue weighted by Crippen LogP contribution is -2.40. The molecular weight excluding hydrogens is 461 g/mol. The largest absolute Gasteiger partial charge is 0.356 e. The van der Waals surface area contributed by atoms with Gasteiger partial charge in [0.1, 0.15) is 0 Å². The summed E-state index contributed by atoms with van der Waals surface area (Å²) in [5.74, 6) is 0.913. The average molecular weight is 504 g/mol. The van der Waals surface area contributed by atoms with Crippen molar-refractivity contribution in [3.8, 4) is 0 Å². The molecule has 0 bridgehead atoms. The van der Waals surface area contributed by atoms with Crippen molar-refractivity contribution in [2.24, 2.45) is 4.99 Å². The van der Waals surface area contributed by atoms with Crippen LogP contribution >= 0.6 is 24.0 Å². The van der Waals surface area contributed by atoms with Gasteiger partial charge in [0.2, 0.25) is 0 Å². The molecule has 1 aromatic carbocycles. The fraction of sp³-hybridized carbons (Fsp3) is 0.682. The van der Waals surface area contributed by atoms with Gasteiger partial charge in [-0.05, 0) is 58.4 Å². The van der Waals surface area contributed by atoms with Gasteiger partial charge in [-0.3, -0.25) is 9.89 Å². The van der Waals surface area contributed by atoms with Crippen LogP contribution in [0.2, 0.25) is 0 Å². The number of halogens is 1. The van der Waals surface area contributed by atoms with E-state index in [1.165, 1.54) is 24.9 Å². The Morgan fingerprint density at radius 3 is 2.29 bits per heavy atom. The molecule has 0 amide bonds. The van der Waals surface area contributed by atoms with Gasteiger partial charge < -0.3 is 15.5 Å². The minimum atomic E-state index is 0. The first-order valence-corrected chi connectivity index (χ1v) is 10.5. The second-order valence-corrected chi connectivity index (χ2v) is 7.20. The number of nitrogens with zero attached hydrogens (tertiary/aromatic N) is 3. The highest BCUT2D eigenvalue weighted by Gasteiger charge is 2.09. The van der Waals surface area contributed by atoms with Crippen LogP contribution in [-0.2, 0) is 6.54 Å². The summed E-state index contributed by atoms with van der Waals surface area (Å²) in [5, 5.41) is 6.87. The van der Waals surface area contributed by atoms with Gasteiger partial charge in [-0.2, -0.15) is 0 Å². The summed E-state index contributed by atoms with van der Waals surface area (Å²) in [6.07, 6.45) is 3.49. The molecule has 0 saturated heterocycles. The molecule has 0 aliphatic heterocycles. The molecule has 1 aromatic rings. The van der Waals surface area contributed by atoms with E-state index in [0.717, 1.165) is 45.1 Å². The summed E-state index contributed by atoms with van der Waals surface area (Å²) in [6, 6.07) is 11.2. The molecule has 0 aliphatic rings. The first-order valence-electron chi connectivity index (χ1n) is 10.5. The molecule has 1 unspecified atom stereocenters. The van der Waals surface area contributed by atoms with Crippen molar-refractivity contribution < 1.29 is 0 Å². The third-order valence-electron chi connectivity index (χ3n) is 5.19. The summed E-state index contributed by atoms with van der Waals surface area (Å²) in [7, 11) is 4.04. The van der Waals surface area contributed by atoms with E-state index in [9.17, 15) is 0 Å². The first-order chi connectivity index (χ1) is 13.1. The van der Waals surface area contributed by atoms with Crippen molar-refractivity contribution in [2.45, 2.75) is 52.6 Å². The number of nitrogens with one attached hydrogen (secondary N) is 2. The van der Waals surface area contributed by atoms with E-state index in [1.54, 1.807) is 0 Å². The molecule has 28 heavy (non-hydrogen) atoms. The Labute approximate surface area is 190 Å². The van der Waals surface area contributed by atoms with E-state index in [4.69, 9.17) is 0 Å². The maximum Gasteiger partial charge on any atom is 0.190 e. The Bertz CT molecular complexity index is 505. The van der Waals surface area contributed by atoms with E-state index in [-0.39, 0.29) is 24.0 Å². The molecule has 1 atom stereocenters. The zero-order chi connectivity index (χ0) is 19.9. The predicted molar refractivity (Wildman–Crippen MR) is 134 cm³/mol. The van der Waals surface area contributed by atoms with Crippen LogP contribution in [0.1, 0.15) is 45.6 Å². The molecule has 0 saturated carbocycles. The number of unbranched alkanes of at least 4 members (excludes halogenated alkanes) is 1. The molecule has 162 valence electrons. The van der Waals surface area contributed by atoms with Crippen molar-refractivity contribution in [1.82, 2.24) is 20.4 Å². The van der Waals surface area contributed by atoms with Gasteiger partial charge in [0.25, 0.3) is 0 Å². The number of hydrogen-bond acceptors (Lipinski definition) is 3. The fourth-order valence-corrected chi connectivity index (χ4v) is 3.07. The van der Waals surface area contributed by atoms with Crippen molar-refractivity contribution in [3.63, 3.8) is 0 Å². The second-order valence-electron chi connectivity index (χ2n) is 7.20. The quantitative estimate of drug-likeness (QED) is 0.186. The van der Waals surface area contributed by atoms with Gasteiger partial charge in [0, 0.05) is 32.7 Å². The molecule has 5 nitrogen and oxygen atoms in total. The van der Waals surface area contributed by atoms with Crippen molar-refractivity contribution in [1.29, 1.82) is 0 Å². The lowest BCUT2D eigenvalue weighted by atomic mass is 10.1. The Morgan fingerprint density at radius 2 is 1.68 bits per heavy atom. The SMILES string of the molecule is CCN(CC)CCCCNC(=NC)NCCC(C)N(C)Cc1ccccc1.I. The monoisotopic (exact) mass is 503 g/mol. The molecular formula is C22H42IN5. The zero-order valence-electron chi connectivity index (χ0n) is 18.6. The number of aliphatic imine (C=N–C) groups is 1. The van der Waals surface area contributed by atoms with Crippen molar-refractivity contribution in [2.75, 3.05) is 46.8 Å². The molecule has 6 heteroatoms. The molecule has 0 radical (unpaired) electrons. The first kappa shape index (κ1) is 27.1. The van der Waals surface area contributed by atoms with Gasteiger partial charge in [-0.15, -0.1) is 24.0 Å². The van der Waals surface area contributed by atoms with Gasteiger partial charge >= 0.3 is 0 Å². The molecule has 1 rings (SSSR count). The van der Waals surface area contributed by atoms with Crippen molar-refractivity contribution in [3.05, 3.63) is 35.9 Å². The lowest BCUT2D eigenvalue weighted by molar-refractivity contribution is 0.238. The third-order valence-corrected chi connectivity index (χ3v) is 5.19. The Balaban J connectivity index is 0.00000729. The number of guanidine groups is 1. The molecule has 0 heterocycles. The van der Waals surface area contributed by atoms with Crippen LogP contribution in [0.25, 0.3) is 0 Å². The van der Waals surface area contributed by atoms with Gasteiger partial charge in [-0.1, -0.05) is 44.2 Å². The van der Waals surface area contributed by atoms with Crippen LogP contribution in [0.4, 0.5) is 0 Å². The predicted octanol–water partition coefficient (Wildman–Crippen LogP) is 3.80. The Morgan fingerprint density at radius 1 is 1.04 bits per heavy atom. The zero-order valence-corrected chi connectivity index (χ0v) is 20.9. The summed E-state index contributed by atoms with van der Waals surface area (Å²) < 4.78 is 0. The van der Waals surface area contributed by atoms with Crippen molar-refractivity contribution >= 4 is 29.9 Å². The Kier molecular flexibility index (Phi) is 16.5. The minimum absolute atomic E-state index is 0. The average Bonchev–Trinajstić information content (AvgIpc) is 2.69. The number of rotatable bonds is 13. The van der Waals surface area contributed by atoms with Gasteiger partial charge in [-0.25, -0.2) is 0 Å². The molecule has 0 aromatic heterocycles. The topological polar surface area (TPSA) is 42.9 Å². The van der Waals surface area contributed by atoms with E-state index in [1.807, 2.05) is 7.05 Å². The van der Waals surface area contributed by atoms with Gasteiger partial charge in [0.05, 0.1) is 0 Å². The van der Waals surface area contributed by atoms with Crippen LogP contribution < -0.4 is 10.6 Å². The van der Waals surface area contributed by atoms with Crippen LogP contribution in [0.15, 0.2) is 35.3 Å². The Hall–Kier alpha value is -0.860. The molecule has 2 N–H and O–H groups in total. The summed E-state index contributed by atoms with van der Waals surface area (Å²) in [6.45, 7) is 13.1. The standard InChI is InChI=1S/C22H41N5.HI/c1-6-27(7-2)18-12-11-16-24-22(23-4)25-17-15-20(3)26(5)19-21-13-9-8-10-14-21;/h8-10,13-14,20H,6-7,11-12,15-19H2,1-5H3,(H2,23,24,25);1H. The lowest BCUT2D eigenvalue weighted by Gasteiger charge is -2.25. The van der Waals surface area contributed by atoms with Crippen LogP contribution in [0.5, 0.6) is 0 Å². The third kappa shape index (κ3) is 11.9. The highest BCUT2D eigenvalue weighted by molar-refractivity contribution is 14.0. The van der Waals surface area contributed by atoms with Crippen LogP contribution in [0, 0.1) is 0 Å². The fourth-order valence-electron chi connectivity index (χ4n) is 3.07. The van der Waals surface area contributed by atoms with E-state index < -0.39 is 0 Å². The molecule has 0 spiro atoms. The normalized spacial score (nSPS) is 12.8. The van der Waals surface area contributed by atoms with E-state index >= 15 is 0 Å². The van der Waals surface area contributed by atoms with E-state index in [0.29, 0.717) is 6.04 Å². The summed E-state index contributed by atoms with van der Waals surface area (Å²) in [4.78, 5) is 9.21. The molecule has 0 aliphatic carbocycles. The number of benzene rings is 1. The molecule has 0 fully saturated rings. The number of hydrogen-bond donors (Lipinski definition) is 2.